The summed E-state index contributed by atoms with van der Waals surface area (Å²) in [6, 6.07) is 3.76. The fourth-order valence-corrected chi connectivity index (χ4v) is 2.94. The maximum absolute atomic E-state index is 13.6. The van der Waals surface area contributed by atoms with Crippen LogP contribution < -0.4 is 0 Å². The Morgan fingerprint density at radius 2 is 1.84 bits per heavy atom. The van der Waals surface area contributed by atoms with Gasteiger partial charge in [0, 0.05) is 18.6 Å². The third kappa shape index (κ3) is 2.95. The summed E-state index contributed by atoms with van der Waals surface area (Å²) in [6.45, 7) is 2.37. The SMILES string of the molecule is CCOC1(C(O)Cc2c(F)cccc2F)CCCC1. The van der Waals surface area contributed by atoms with Crippen LogP contribution in [0.1, 0.15) is 38.2 Å². The van der Waals surface area contributed by atoms with Gasteiger partial charge >= 0.3 is 0 Å². The highest BCUT2D eigenvalue weighted by atomic mass is 19.1. The van der Waals surface area contributed by atoms with Crippen LogP contribution >= 0.6 is 0 Å². The van der Waals surface area contributed by atoms with Crippen LogP contribution in [0.25, 0.3) is 0 Å². The largest absolute Gasteiger partial charge is 0.390 e. The van der Waals surface area contributed by atoms with Gasteiger partial charge < -0.3 is 9.84 Å². The Morgan fingerprint density at radius 3 is 2.37 bits per heavy atom. The van der Waals surface area contributed by atoms with Crippen molar-refractivity contribution < 1.29 is 18.6 Å². The molecule has 0 heterocycles. The van der Waals surface area contributed by atoms with Gasteiger partial charge in [-0.25, -0.2) is 8.78 Å². The smallest absolute Gasteiger partial charge is 0.129 e. The first-order chi connectivity index (χ1) is 9.09. The predicted octanol–water partition coefficient (Wildman–Crippen LogP) is 3.22. The normalized spacial score (nSPS) is 19.6. The van der Waals surface area contributed by atoms with Crippen molar-refractivity contribution in [3.05, 3.63) is 35.4 Å². The number of hydrogen-bond donors (Lipinski definition) is 1. The third-order valence-corrected chi connectivity index (χ3v) is 3.95. The van der Waals surface area contributed by atoms with Gasteiger partial charge in [0.25, 0.3) is 0 Å². The van der Waals surface area contributed by atoms with Crippen molar-refractivity contribution >= 4 is 0 Å². The van der Waals surface area contributed by atoms with Gasteiger partial charge in [0.1, 0.15) is 11.6 Å². The molecule has 1 fully saturated rings. The summed E-state index contributed by atoms with van der Waals surface area (Å²) < 4.78 is 32.9. The molecular formula is C15H20F2O2. The molecule has 1 saturated carbocycles. The Labute approximate surface area is 112 Å². The van der Waals surface area contributed by atoms with Crippen LogP contribution in [-0.2, 0) is 11.2 Å². The van der Waals surface area contributed by atoms with Crippen LogP contribution in [-0.4, -0.2) is 23.4 Å². The van der Waals surface area contributed by atoms with E-state index in [-0.39, 0.29) is 12.0 Å². The highest BCUT2D eigenvalue weighted by Gasteiger charge is 2.41. The van der Waals surface area contributed by atoms with E-state index < -0.39 is 23.3 Å². The van der Waals surface area contributed by atoms with E-state index in [2.05, 4.69) is 0 Å². The lowest BCUT2D eigenvalue weighted by molar-refractivity contribution is -0.116. The molecule has 0 spiro atoms. The molecule has 1 aliphatic carbocycles. The third-order valence-electron chi connectivity index (χ3n) is 3.95. The summed E-state index contributed by atoms with van der Waals surface area (Å²) in [5, 5.41) is 10.4. The van der Waals surface area contributed by atoms with Crippen LogP contribution in [0.15, 0.2) is 18.2 Å². The summed E-state index contributed by atoms with van der Waals surface area (Å²) in [7, 11) is 0. The molecule has 106 valence electrons. The lowest BCUT2D eigenvalue weighted by Gasteiger charge is -2.34. The summed E-state index contributed by atoms with van der Waals surface area (Å²) in [6.07, 6.45) is 2.55. The number of aliphatic hydroxyl groups is 1. The monoisotopic (exact) mass is 270 g/mol. The zero-order valence-electron chi connectivity index (χ0n) is 11.2. The Hall–Kier alpha value is -1.00. The molecule has 1 aromatic rings. The minimum Gasteiger partial charge on any atom is -0.390 e. The minimum absolute atomic E-state index is 0.0431. The van der Waals surface area contributed by atoms with Gasteiger partial charge in [-0.2, -0.15) is 0 Å². The van der Waals surface area contributed by atoms with Crippen LogP contribution in [0.3, 0.4) is 0 Å². The molecule has 1 aromatic carbocycles. The maximum Gasteiger partial charge on any atom is 0.129 e. The first-order valence-corrected chi connectivity index (χ1v) is 6.84. The van der Waals surface area contributed by atoms with Crippen LogP contribution in [0.4, 0.5) is 8.78 Å². The average Bonchev–Trinajstić information content (AvgIpc) is 2.84. The lowest BCUT2D eigenvalue weighted by Crippen LogP contribution is -2.44. The molecule has 0 bridgehead atoms. The fourth-order valence-electron chi connectivity index (χ4n) is 2.94. The molecule has 2 nitrogen and oxygen atoms in total. The molecule has 1 unspecified atom stereocenters. The summed E-state index contributed by atoms with van der Waals surface area (Å²) >= 11 is 0. The van der Waals surface area contributed by atoms with Crippen molar-refractivity contribution in [3.63, 3.8) is 0 Å². The molecule has 4 heteroatoms. The number of aliphatic hydroxyl groups excluding tert-OH is 1. The van der Waals surface area contributed by atoms with Gasteiger partial charge in [-0.3, -0.25) is 0 Å². The Bertz CT molecular complexity index is 408. The van der Waals surface area contributed by atoms with E-state index in [0.717, 1.165) is 25.7 Å². The van der Waals surface area contributed by atoms with Gasteiger partial charge in [0.05, 0.1) is 11.7 Å². The first-order valence-electron chi connectivity index (χ1n) is 6.84. The van der Waals surface area contributed by atoms with Crippen LogP contribution in [0.5, 0.6) is 0 Å². The molecule has 0 radical (unpaired) electrons. The molecule has 2 rings (SSSR count). The second-order valence-electron chi connectivity index (χ2n) is 5.13. The Kier molecular flexibility index (Phi) is 4.53. The number of ether oxygens (including phenoxy) is 1. The average molecular weight is 270 g/mol. The summed E-state index contributed by atoms with van der Waals surface area (Å²) in [4.78, 5) is 0. The molecule has 0 amide bonds. The lowest BCUT2D eigenvalue weighted by atomic mass is 9.89. The highest BCUT2D eigenvalue weighted by Crippen LogP contribution is 2.37. The summed E-state index contributed by atoms with van der Waals surface area (Å²) in [5.74, 6) is -1.22. The van der Waals surface area contributed by atoms with Crippen molar-refractivity contribution in [2.45, 2.75) is 50.7 Å². The Balaban J connectivity index is 2.17. The number of halogens is 2. The molecule has 1 N–H and O–H groups in total. The zero-order valence-corrected chi connectivity index (χ0v) is 11.2. The highest BCUT2D eigenvalue weighted by molar-refractivity contribution is 5.21. The molecule has 0 aromatic heterocycles. The molecule has 19 heavy (non-hydrogen) atoms. The molecule has 1 aliphatic rings. The van der Waals surface area contributed by atoms with Crippen molar-refractivity contribution in [2.75, 3.05) is 6.61 Å². The maximum atomic E-state index is 13.6. The van der Waals surface area contributed by atoms with E-state index in [1.165, 1.54) is 18.2 Å². The van der Waals surface area contributed by atoms with E-state index in [1.54, 1.807) is 0 Å². The van der Waals surface area contributed by atoms with Gasteiger partial charge in [-0.1, -0.05) is 18.9 Å². The van der Waals surface area contributed by atoms with Crippen molar-refractivity contribution in [1.29, 1.82) is 0 Å². The number of rotatable bonds is 5. The van der Waals surface area contributed by atoms with E-state index >= 15 is 0 Å². The van der Waals surface area contributed by atoms with E-state index in [1.807, 2.05) is 6.92 Å². The second kappa shape index (κ2) is 5.97. The van der Waals surface area contributed by atoms with E-state index in [4.69, 9.17) is 4.74 Å². The molecule has 0 aliphatic heterocycles. The Morgan fingerprint density at radius 1 is 1.26 bits per heavy atom. The minimum atomic E-state index is -0.874. The van der Waals surface area contributed by atoms with Crippen LogP contribution in [0.2, 0.25) is 0 Å². The standard InChI is InChI=1S/C15H20F2O2/c1-2-19-15(8-3-4-9-15)14(18)10-11-12(16)6-5-7-13(11)17/h5-7,14,18H,2-4,8-10H2,1H3. The fraction of sp³-hybridized carbons (Fsp3) is 0.600. The van der Waals surface area contributed by atoms with E-state index in [0.29, 0.717) is 6.61 Å². The van der Waals surface area contributed by atoms with Crippen molar-refractivity contribution in [3.8, 4) is 0 Å². The van der Waals surface area contributed by atoms with Gasteiger partial charge in [0.2, 0.25) is 0 Å². The second-order valence-corrected chi connectivity index (χ2v) is 5.13. The number of benzene rings is 1. The zero-order chi connectivity index (χ0) is 13.9. The van der Waals surface area contributed by atoms with Crippen LogP contribution in [0, 0.1) is 11.6 Å². The van der Waals surface area contributed by atoms with Gasteiger partial charge in [-0.05, 0) is 31.9 Å². The first kappa shape index (κ1) is 14.4. The molecule has 1 atom stereocenters. The quantitative estimate of drug-likeness (QED) is 0.890. The summed E-state index contributed by atoms with van der Waals surface area (Å²) in [5.41, 5.74) is -0.690. The van der Waals surface area contributed by atoms with Gasteiger partial charge in [0.15, 0.2) is 0 Å². The number of hydrogen-bond acceptors (Lipinski definition) is 2. The van der Waals surface area contributed by atoms with Gasteiger partial charge in [-0.15, -0.1) is 0 Å². The van der Waals surface area contributed by atoms with Crippen molar-refractivity contribution in [2.24, 2.45) is 0 Å². The van der Waals surface area contributed by atoms with E-state index in [9.17, 15) is 13.9 Å². The molecule has 0 saturated heterocycles. The topological polar surface area (TPSA) is 29.5 Å². The predicted molar refractivity (Wildman–Crippen MR) is 68.9 cm³/mol. The van der Waals surface area contributed by atoms with Crippen molar-refractivity contribution in [1.82, 2.24) is 0 Å². The molecular weight excluding hydrogens is 250 g/mol.